The van der Waals surface area contributed by atoms with E-state index in [0.717, 1.165) is 16.9 Å². The van der Waals surface area contributed by atoms with Crippen LogP contribution in [0.15, 0.2) is 90.1 Å². The van der Waals surface area contributed by atoms with Gasteiger partial charge in [0.15, 0.2) is 5.82 Å². The third-order valence-electron chi connectivity index (χ3n) is 5.76. The second-order valence-corrected chi connectivity index (χ2v) is 8.14. The summed E-state index contributed by atoms with van der Waals surface area (Å²) in [5.74, 6) is 1.71. The lowest BCUT2D eigenvalue weighted by molar-refractivity contribution is -0.113. The fraction of sp³-hybridized carbons (Fsp3) is 0.148. The highest BCUT2D eigenvalue weighted by atomic mass is 16.5. The van der Waals surface area contributed by atoms with Crippen LogP contribution in [0.1, 0.15) is 25.5 Å². The zero-order chi connectivity index (χ0) is 24.4. The van der Waals surface area contributed by atoms with E-state index in [1.807, 2.05) is 68.4 Å². The summed E-state index contributed by atoms with van der Waals surface area (Å²) in [6.07, 6.45) is 0. The molecule has 1 amide bonds. The van der Waals surface area contributed by atoms with Gasteiger partial charge in [-0.25, -0.2) is 4.68 Å². The van der Waals surface area contributed by atoms with Gasteiger partial charge in [-0.2, -0.15) is 4.98 Å². The highest BCUT2D eigenvalue weighted by Gasteiger charge is 2.34. The lowest BCUT2D eigenvalue weighted by Gasteiger charge is -2.28. The molecule has 8 nitrogen and oxygen atoms in total. The molecule has 1 aromatic heterocycles. The summed E-state index contributed by atoms with van der Waals surface area (Å²) in [5, 5.41) is 20.6. The Bertz CT molecular complexity index is 1380. The van der Waals surface area contributed by atoms with E-state index in [-0.39, 0.29) is 11.7 Å². The number of carbonyl (C=O) groups excluding carboxylic acids is 1. The van der Waals surface area contributed by atoms with Gasteiger partial charge in [-0.3, -0.25) is 4.79 Å². The van der Waals surface area contributed by atoms with E-state index in [1.165, 1.54) is 0 Å². The number of aromatic nitrogens is 3. The largest absolute Gasteiger partial charge is 0.508 e. The molecule has 2 heterocycles. The molecule has 0 aliphatic carbocycles. The molecular formula is C27H25N5O3. The van der Waals surface area contributed by atoms with Crippen LogP contribution in [-0.2, 0) is 4.79 Å². The van der Waals surface area contributed by atoms with E-state index in [4.69, 9.17) is 9.84 Å². The fourth-order valence-corrected chi connectivity index (χ4v) is 4.12. The summed E-state index contributed by atoms with van der Waals surface area (Å²) in [4.78, 5) is 18.2. The fourth-order valence-electron chi connectivity index (χ4n) is 4.12. The molecule has 1 unspecified atom stereocenters. The van der Waals surface area contributed by atoms with Gasteiger partial charge in [0.25, 0.3) is 5.91 Å². The minimum absolute atomic E-state index is 0.167. The minimum Gasteiger partial charge on any atom is -0.508 e. The van der Waals surface area contributed by atoms with Crippen LogP contribution in [0.3, 0.4) is 0 Å². The third-order valence-corrected chi connectivity index (χ3v) is 5.76. The Labute approximate surface area is 202 Å². The van der Waals surface area contributed by atoms with Gasteiger partial charge >= 0.3 is 0 Å². The van der Waals surface area contributed by atoms with Gasteiger partial charge in [0, 0.05) is 16.9 Å². The molecule has 0 radical (unpaired) electrons. The van der Waals surface area contributed by atoms with Crippen molar-refractivity contribution in [3.8, 4) is 22.9 Å². The third kappa shape index (κ3) is 4.46. The maximum atomic E-state index is 13.5. The highest BCUT2D eigenvalue weighted by Crippen LogP contribution is 2.37. The summed E-state index contributed by atoms with van der Waals surface area (Å²) in [7, 11) is 0. The molecule has 3 aromatic carbocycles. The SMILES string of the molecule is CCOc1ccc(C2C(C(=O)Nc3ccccc3)=C(C)Nc3nc(-c4ccc(O)cc4)nn32)cc1. The first kappa shape index (κ1) is 22.2. The minimum atomic E-state index is -0.510. The van der Waals surface area contributed by atoms with Crippen molar-refractivity contribution in [1.82, 2.24) is 14.8 Å². The number of anilines is 2. The number of hydrogen-bond donors (Lipinski definition) is 3. The van der Waals surface area contributed by atoms with Crippen molar-refractivity contribution in [1.29, 1.82) is 0 Å². The Balaban J connectivity index is 1.58. The average Bonchev–Trinajstić information content (AvgIpc) is 3.28. The predicted octanol–water partition coefficient (Wildman–Crippen LogP) is 4.98. The summed E-state index contributed by atoms with van der Waals surface area (Å²) < 4.78 is 7.33. The second-order valence-electron chi connectivity index (χ2n) is 8.14. The molecule has 5 rings (SSSR count). The number of nitrogens with one attached hydrogen (secondary N) is 2. The van der Waals surface area contributed by atoms with Crippen molar-refractivity contribution in [2.24, 2.45) is 0 Å². The Morgan fingerprint density at radius 2 is 1.77 bits per heavy atom. The maximum absolute atomic E-state index is 13.5. The zero-order valence-corrected chi connectivity index (χ0v) is 19.4. The molecule has 0 bridgehead atoms. The molecule has 1 aliphatic heterocycles. The summed E-state index contributed by atoms with van der Waals surface area (Å²) in [6, 6.07) is 23.2. The molecule has 4 aromatic rings. The number of nitrogens with zero attached hydrogens (tertiary/aromatic N) is 3. The molecule has 35 heavy (non-hydrogen) atoms. The number of carbonyl (C=O) groups is 1. The Hall–Kier alpha value is -4.59. The number of amides is 1. The maximum Gasteiger partial charge on any atom is 0.255 e. The number of phenolic OH excluding ortho intramolecular Hbond substituents is 1. The van der Waals surface area contributed by atoms with Crippen molar-refractivity contribution in [2.75, 3.05) is 17.2 Å². The molecule has 3 N–H and O–H groups in total. The Kier molecular flexibility index (Phi) is 5.93. The van der Waals surface area contributed by atoms with E-state index in [2.05, 4.69) is 15.6 Å². The molecule has 8 heteroatoms. The number of rotatable bonds is 6. The smallest absolute Gasteiger partial charge is 0.255 e. The average molecular weight is 468 g/mol. The van der Waals surface area contributed by atoms with Crippen molar-refractivity contribution in [3.63, 3.8) is 0 Å². The standard InChI is InChI=1S/C27H25N5O3/c1-3-35-22-15-11-18(12-16-22)24-23(26(34)29-20-7-5-4-6-8-20)17(2)28-27-30-25(31-32(24)27)19-9-13-21(33)14-10-19/h4-16,24,33H,3H2,1-2H3,(H,29,34)(H,28,30,31). The van der Waals surface area contributed by atoms with E-state index in [9.17, 15) is 9.90 Å². The van der Waals surface area contributed by atoms with Crippen LogP contribution in [-0.4, -0.2) is 32.4 Å². The lowest BCUT2D eigenvalue weighted by atomic mass is 9.95. The number of fused-ring (bicyclic) bond motifs is 1. The van der Waals surface area contributed by atoms with E-state index < -0.39 is 6.04 Å². The predicted molar refractivity (Wildman–Crippen MR) is 134 cm³/mol. The molecule has 0 saturated carbocycles. The van der Waals surface area contributed by atoms with Crippen LogP contribution in [0.25, 0.3) is 11.4 Å². The first-order valence-corrected chi connectivity index (χ1v) is 11.4. The van der Waals surface area contributed by atoms with E-state index >= 15 is 0 Å². The molecule has 0 saturated heterocycles. The number of aromatic hydroxyl groups is 1. The van der Waals surface area contributed by atoms with Gasteiger partial charge in [-0.05, 0) is 67.9 Å². The lowest BCUT2D eigenvalue weighted by Crippen LogP contribution is -2.31. The van der Waals surface area contributed by atoms with Crippen molar-refractivity contribution >= 4 is 17.5 Å². The summed E-state index contributed by atoms with van der Waals surface area (Å²) in [5.41, 5.74) is 3.56. The molecule has 0 spiro atoms. The molecule has 0 fully saturated rings. The quantitative estimate of drug-likeness (QED) is 0.370. The van der Waals surface area contributed by atoms with Gasteiger partial charge < -0.3 is 20.5 Å². The number of benzene rings is 3. The molecule has 176 valence electrons. The monoisotopic (exact) mass is 467 g/mol. The summed E-state index contributed by atoms with van der Waals surface area (Å²) >= 11 is 0. The second kappa shape index (κ2) is 9.34. The normalized spacial score (nSPS) is 14.7. The van der Waals surface area contributed by atoms with Gasteiger partial charge in [0.2, 0.25) is 5.95 Å². The number of phenols is 1. The zero-order valence-electron chi connectivity index (χ0n) is 19.4. The topological polar surface area (TPSA) is 101 Å². The van der Waals surface area contributed by atoms with Crippen LogP contribution >= 0.6 is 0 Å². The van der Waals surface area contributed by atoms with E-state index in [1.54, 1.807) is 28.9 Å². The van der Waals surface area contributed by atoms with Gasteiger partial charge in [-0.15, -0.1) is 5.10 Å². The van der Waals surface area contributed by atoms with Crippen LogP contribution in [0, 0.1) is 0 Å². The van der Waals surface area contributed by atoms with Crippen molar-refractivity contribution in [2.45, 2.75) is 19.9 Å². The first-order chi connectivity index (χ1) is 17.0. The Morgan fingerprint density at radius 3 is 2.46 bits per heavy atom. The number of allylic oxidation sites excluding steroid dienone is 1. The van der Waals surface area contributed by atoms with Gasteiger partial charge in [0.1, 0.15) is 17.5 Å². The summed E-state index contributed by atoms with van der Waals surface area (Å²) in [6.45, 7) is 4.37. The van der Waals surface area contributed by atoms with Crippen LogP contribution < -0.4 is 15.4 Å². The number of para-hydroxylation sites is 1. The van der Waals surface area contributed by atoms with Gasteiger partial charge in [0.05, 0.1) is 12.2 Å². The van der Waals surface area contributed by atoms with E-state index in [0.29, 0.717) is 35.3 Å². The van der Waals surface area contributed by atoms with Gasteiger partial charge in [-0.1, -0.05) is 30.3 Å². The highest BCUT2D eigenvalue weighted by molar-refractivity contribution is 6.06. The molecular weight excluding hydrogens is 442 g/mol. The van der Waals surface area contributed by atoms with Crippen LogP contribution in [0.4, 0.5) is 11.6 Å². The molecule has 1 atom stereocenters. The van der Waals surface area contributed by atoms with Crippen molar-refractivity contribution in [3.05, 3.63) is 95.7 Å². The number of hydrogen-bond acceptors (Lipinski definition) is 6. The Morgan fingerprint density at radius 1 is 1.06 bits per heavy atom. The first-order valence-electron chi connectivity index (χ1n) is 11.4. The molecule has 1 aliphatic rings. The van der Waals surface area contributed by atoms with Crippen LogP contribution in [0.5, 0.6) is 11.5 Å². The number of ether oxygens (including phenoxy) is 1. The van der Waals surface area contributed by atoms with Crippen molar-refractivity contribution < 1.29 is 14.6 Å². The van der Waals surface area contributed by atoms with Crippen LogP contribution in [0.2, 0.25) is 0 Å².